The molecular formula is C11H16N4O2S2. The summed E-state index contributed by atoms with van der Waals surface area (Å²) in [5.74, 6) is 1.11. The fourth-order valence-corrected chi connectivity index (χ4v) is 4.07. The van der Waals surface area contributed by atoms with Gasteiger partial charge in [0.25, 0.3) is 11.8 Å². The van der Waals surface area contributed by atoms with Crippen LogP contribution in [0.2, 0.25) is 0 Å². The predicted molar refractivity (Wildman–Crippen MR) is 80.2 cm³/mol. The van der Waals surface area contributed by atoms with Crippen LogP contribution in [-0.2, 0) is 0 Å². The highest BCUT2D eigenvalue weighted by atomic mass is 32.2. The third kappa shape index (κ3) is 2.64. The van der Waals surface area contributed by atoms with Crippen LogP contribution in [0.5, 0.6) is 0 Å². The van der Waals surface area contributed by atoms with E-state index in [1.165, 1.54) is 18.4 Å². The molecule has 1 aliphatic heterocycles. The number of anilines is 2. The van der Waals surface area contributed by atoms with Gasteiger partial charge < -0.3 is 21.7 Å². The molecule has 0 bridgehead atoms. The molecule has 104 valence electrons. The Hall–Kier alpha value is -1.41. The molecule has 1 aromatic rings. The van der Waals surface area contributed by atoms with Crippen LogP contribution in [0.4, 0.5) is 10.7 Å². The number of carbonyl (C=O) groups excluding carboxylic acids is 2. The van der Waals surface area contributed by atoms with E-state index in [-0.39, 0.29) is 17.2 Å². The summed E-state index contributed by atoms with van der Waals surface area (Å²) in [6.07, 6.45) is 0. The number of hydrogen-bond donors (Lipinski definition) is 3. The Morgan fingerprint density at radius 3 is 2.47 bits per heavy atom. The number of nitrogens with one attached hydrogen (secondary N) is 1. The third-order valence-corrected chi connectivity index (χ3v) is 5.11. The molecule has 1 saturated heterocycles. The van der Waals surface area contributed by atoms with Crippen molar-refractivity contribution >= 4 is 45.6 Å². The summed E-state index contributed by atoms with van der Waals surface area (Å²) >= 11 is 3.10. The van der Waals surface area contributed by atoms with Crippen LogP contribution in [0.15, 0.2) is 0 Å². The van der Waals surface area contributed by atoms with Crippen LogP contribution in [0.3, 0.4) is 0 Å². The summed E-state index contributed by atoms with van der Waals surface area (Å²) in [7, 11) is 1.53. The maximum Gasteiger partial charge on any atom is 0.263 e. The molecule has 1 aliphatic rings. The van der Waals surface area contributed by atoms with Crippen molar-refractivity contribution in [3.05, 3.63) is 10.4 Å². The first-order chi connectivity index (χ1) is 9.06. The van der Waals surface area contributed by atoms with E-state index in [9.17, 15) is 9.59 Å². The maximum absolute atomic E-state index is 11.7. The van der Waals surface area contributed by atoms with Crippen molar-refractivity contribution in [1.82, 2.24) is 5.32 Å². The number of rotatable bonds is 3. The lowest BCUT2D eigenvalue weighted by Gasteiger charge is -2.27. The van der Waals surface area contributed by atoms with Crippen molar-refractivity contribution in [1.29, 1.82) is 0 Å². The predicted octanol–water partition coefficient (Wildman–Crippen LogP) is 0.342. The van der Waals surface area contributed by atoms with Crippen molar-refractivity contribution in [2.45, 2.75) is 0 Å². The van der Waals surface area contributed by atoms with E-state index in [0.29, 0.717) is 9.88 Å². The van der Waals surface area contributed by atoms with Gasteiger partial charge in [0.1, 0.15) is 9.88 Å². The van der Waals surface area contributed by atoms with E-state index in [4.69, 9.17) is 11.5 Å². The van der Waals surface area contributed by atoms with Crippen molar-refractivity contribution < 1.29 is 9.59 Å². The summed E-state index contributed by atoms with van der Waals surface area (Å²) in [4.78, 5) is 25.8. The SMILES string of the molecule is CNC(=O)c1sc(N2CCSCC2)c(C(N)=O)c1N. The lowest BCUT2D eigenvalue weighted by atomic mass is 10.2. The van der Waals surface area contributed by atoms with E-state index >= 15 is 0 Å². The minimum absolute atomic E-state index is 0.185. The van der Waals surface area contributed by atoms with E-state index < -0.39 is 5.91 Å². The van der Waals surface area contributed by atoms with Crippen LogP contribution < -0.4 is 21.7 Å². The zero-order valence-electron chi connectivity index (χ0n) is 10.6. The number of carbonyl (C=O) groups is 2. The van der Waals surface area contributed by atoms with Gasteiger partial charge in [-0.1, -0.05) is 0 Å². The summed E-state index contributed by atoms with van der Waals surface area (Å²) in [6, 6.07) is 0. The molecule has 2 rings (SSSR count). The monoisotopic (exact) mass is 300 g/mol. The Kier molecular flexibility index (Phi) is 4.20. The Labute approximate surface area is 119 Å². The first-order valence-electron chi connectivity index (χ1n) is 5.83. The first kappa shape index (κ1) is 14.0. The Bertz CT molecular complexity index is 509. The number of thioether (sulfide) groups is 1. The largest absolute Gasteiger partial charge is 0.397 e. The molecule has 5 N–H and O–H groups in total. The first-order valence-corrected chi connectivity index (χ1v) is 7.80. The van der Waals surface area contributed by atoms with E-state index in [2.05, 4.69) is 10.2 Å². The van der Waals surface area contributed by atoms with Crippen molar-refractivity contribution in [3.8, 4) is 0 Å². The van der Waals surface area contributed by atoms with Crippen LogP contribution in [-0.4, -0.2) is 43.5 Å². The number of primary amides is 1. The molecule has 0 radical (unpaired) electrons. The molecular weight excluding hydrogens is 284 g/mol. The van der Waals surface area contributed by atoms with Gasteiger partial charge in [-0.2, -0.15) is 11.8 Å². The highest BCUT2D eigenvalue weighted by Crippen LogP contribution is 2.38. The summed E-state index contributed by atoms with van der Waals surface area (Å²) in [5, 5.41) is 3.23. The van der Waals surface area contributed by atoms with Gasteiger partial charge >= 0.3 is 0 Å². The number of thiophene rings is 1. The molecule has 0 spiro atoms. The average Bonchev–Trinajstić information content (AvgIpc) is 2.76. The quantitative estimate of drug-likeness (QED) is 0.747. The Morgan fingerprint density at radius 1 is 1.32 bits per heavy atom. The number of nitrogens with two attached hydrogens (primary N) is 2. The normalized spacial score (nSPS) is 15.3. The Balaban J connectivity index is 2.46. The summed E-state index contributed by atoms with van der Waals surface area (Å²) in [6.45, 7) is 1.66. The van der Waals surface area contributed by atoms with Gasteiger partial charge in [0.2, 0.25) is 0 Å². The molecule has 2 amide bonds. The smallest absolute Gasteiger partial charge is 0.263 e. The van der Waals surface area contributed by atoms with E-state index in [0.717, 1.165) is 24.6 Å². The van der Waals surface area contributed by atoms with Gasteiger partial charge in [-0.05, 0) is 0 Å². The molecule has 1 aromatic heterocycles. The van der Waals surface area contributed by atoms with Gasteiger partial charge in [-0.25, -0.2) is 0 Å². The Morgan fingerprint density at radius 2 is 1.95 bits per heavy atom. The third-order valence-electron chi connectivity index (χ3n) is 2.90. The van der Waals surface area contributed by atoms with Crippen LogP contribution >= 0.6 is 23.1 Å². The molecule has 2 heterocycles. The number of nitrogen functional groups attached to an aromatic ring is 1. The minimum atomic E-state index is -0.586. The zero-order valence-corrected chi connectivity index (χ0v) is 12.2. The fraction of sp³-hybridized carbons (Fsp3) is 0.455. The van der Waals surface area contributed by atoms with E-state index in [1.807, 2.05) is 11.8 Å². The van der Waals surface area contributed by atoms with Gasteiger partial charge in [0, 0.05) is 31.6 Å². The van der Waals surface area contributed by atoms with E-state index in [1.54, 1.807) is 0 Å². The highest BCUT2D eigenvalue weighted by molar-refractivity contribution is 7.99. The average molecular weight is 300 g/mol. The molecule has 6 nitrogen and oxygen atoms in total. The highest BCUT2D eigenvalue weighted by Gasteiger charge is 2.27. The van der Waals surface area contributed by atoms with Gasteiger partial charge in [0.05, 0.1) is 11.3 Å². The molecule has 0 aliphatic carbocycles. The van der Waals surface area contributed by atoms with Gasteiger partial charge in [0.15, 0.2) is 0 Å². The van der Waals surface area contributed by atoms with Gasteiger partial charge in [-0.15, -0.1) is 11.3 Å². The minimum Gasteiger partial charge on any atom is -0.397 e. The lowest BCUT2D eigenvalue weighted by molar-refractivity contribution is 0.0967. The standard InChI is InChI=1S/C11H16N4O2S2/c1-14-10(17)8-7(12)6(9(13)16)11(19-8)15-2-4-18-5-3-15/h2-5,12H2,1H3,(H2,13,16)(H,14,17). The summed E-state index contributed by atoms with van der Waals surface area (Å²) in [5.41, 5.74) is 11.8. The molecule has 0 saturated carbocycles. The fourth-order valence-electron chi connectivity index (χ4n) is 1.94. The molecule has 1 fully saturated rings. The van der Waals surface area contributed by atoms with Crippen LogP contribution in [0, 0.1) is 0 Å². The molecule has 0 aromatic carbocycles. The second-order valence-electron chi connectivity index (χ2n) is 4.07. The van der Waals surface area contributed by atoms with Gasteiger partial charge in [-0.3, -0.25) is 9.59 Å². The summed E-state index contributed by atoms with van der Waals surface area (Å²) < 4.78 is 0. The second-order valence-corrected chi connectivity index (χ2v) is 6.29. The second kappa shape index (κ2) is 5.70. The van der Waals surface area contributed by atoms with Crippen molar-refractivity contribution in [2.75, 3.05) is 42.3 Å². The number of amides is 2. The topological polar surface area (TPSA) is 101 Å². The van der Waals surface area contributed by atoms with Crippen LogP contribution in [0.1, 0.15) is 20.0 Å². The zero-order chi connectivity index (χ0) is 14.0. The number of hydrogen-bond acceptors (Lipinski definition) is 6. The molecule has 8 heteroatoms. The number of nitrogens with zero attached hydrogens (tertiary/aromatic N) is 1. The van der Waals surface area contributed by atoms with Crippen molar-refractivity contribution in [3.63, 3.8) is 0 Å². The van der Waals surface area contributed by atoms with Crippen molar-refractivity contribution in [2.24, 2.45) is 5.73 Å². The molecule has 0 atom stereocenters. The lowest BCUT2D eigenvalue weighted by Crippen LogP contribution is -2.33. The molecule has 0 unspecified atom stereocenters. The maximum atomic E-state index is 11.7. The van der Waals surface area contributed by atoms with Crippen LogP contribution in [0.25, 0.3) is 0 Å². The molecule has 19 heavy (non-hydrogen) atoms.